The highest BCUT2D eigenvalue weighted by Gasteiger charge is 1.94. The maximum absolute atomic E-state index is 4.26. The minimum atomic E-state index is 1.06. The van der Waals surface area contributed by atoms with E-state index in [2.05, 4.69) is 23.2 Å². The first-order valence-corrected chi connectivity index (χ1v) is 6.34. The summed E-state index contributed by atoms with van der Waals surface area (Å²) in [5, 5.41) is 0. The molecular formula is C16H23N. The van der Waals surface area contributed by atoms with Crippen LogP contribution in [-0.4, -0.2) is 4.98 Å². The zero-order valence-electron chi connectivity index (χ0n) is 11.6. The topological polar surface area (TPSA) is 12.9 Å². The van der Waals surface area contributed by atoms with Gasteiger partial charge in [0.2, 0.25) is 0 Å². The van der Waals surface area contributed by atoms with Crippen LogP contribution in [0.5, 0.6) is 0 Å². The Labute approximate surface area is 106 Å². The van der Waals surface area contributed by atoms with Crippen LogP contribution in [0.4, 0.5) is 0 Å². The molecule has 0 saturated carbocycles. The van der Waals surface area contributed by atoms with Crippen LogP contribution in [0.3, 0.4) is 0 Å². The van der Waals surface area contributed by atoms with E-state index in [0.717, 1.165) is 5.69 Å². The monoisotopic (exact) mass is 229 g/mol. The van der Waals surface area contributed by atoms with E-state index in [4.69, 9.17) is 0 Å². The van der Waals surface area contributed by atoms with Crippen LogP contribution in [0.15, 0.2) is 48.7 Å². The van der Waals surface area contributed by atoms with Gasteiger partial charge in [0, 0.05) is 17.5 Å². The molecule has 1 aromatic carbocycles. The molecular weight excluding hydrogens is 206 g/mol. The van der Waals surface area contributed by atoms with Gasteiger partial charge in [0.1, 0.15) is 0 Å². The molecule has 0 atom stereocenters. The van der Waals surface area contributed by atoms with E-state index in [9.17, 15) is 0 Å². The summed E-state index contributed by atoms with van der Waals surface area (Å²) in [6.07, 6.45) is 1.91. The molecule has 0 fully saturated rings. The summed E-state index contributed by atoms with van der Waals surface area (Å²) < 4.78 is 0. The van der Waals surface area contributed by atoms with Crippen molar-refractivity contribution in [2.24, 2.45) is 0 Å². The molecule has 0 unspecified atom stereocenters. The van der Waals surface area contributed by atoms with Gasteiger partial charge in [-0.1, -0.05) is 64.1 Å². The first-order valence-electron chi connectivity index (χ1n) is 6.34. The molecule has 0 aliphatic carbocycles. The molecule has 1 heterocycles. The van der Waals surface area contributed by atoms with Gasteiger partial charge in [-0.05, 0) is 18.6 Å². The Hall–Kier alpha value is -1.63. The number of pyridine rings is 1. The highest BCUT2D eigenvalue weighted by molar-refractivity contribution is 5.61. The van der Waals surface area contributed by atoms with Gasteiger partial charge in [-0.15, -0.1) is 0 Å². The maximum Gasteiger partial charge on any atom is 0.0373 e. The quantitative estimate of drug-likeness (QED) is 0.662. The van der Waals surface area contributed by atoms with Gasteiger partial charge >= 0.3 is 0 Å². The molecule has 2 aromatic rings. The van der Waals surface area contributed by atoms with Crippen molar-refractivity contribution in [2.75, 3.05) is 0 Å². The summed E-state index contributed by atoms with van der Waals surface area (Å²) in [6, 6.07) is 14.4. The van der Waals surface area contributed by atoms with Crippen molar-refractivity contribution in [3.05, 3.63) is 54.4 Å². The van der Waals surface area contributed by atoms with Gasteiger partial charge < -0.3 is 0 Å². The highest BCUT2D eigenvalue weighted by atomic mass is 14.7. The second kappa shape index (κ2) is 9.59. The SMILES string of the molecule is CC.CC.Cc1ccc(-c2ccccc2)cn1. The predicted molar refractivity (Wildman–Crippen MR) is 77.1 cm³/mol. The van der Waals surface area contributed by atoms with Crippen molar-refractivity contribution in [1.82, 2.24) is 4.98 Å². The fourth-order valence-electron chi connectivity index (χ4n) is 1.27. The first kappa shape index (κ1) is 15.4. The van der Waals surface area contributed by atoms with Gasteiger partial charge in [0.25, 0.3) is 0 Å². The summed E-state index contributed by atoms with van der Waals surface area (Å²) in [5.74, 6) is 0. The van der Waals surface area contributed by atoms with E-state index in [-0.39, 0.29) is 0 Å². The molecule has 0 spiro atoms. The summed E-state index contributed by atoms with van der Waals surface area (Å²) >= 11 is 0. The van der Waals surface area contributed by atoms with Gasteiger partial charge in [-0.25, -0.2) is 0 Å². The molecule has 17 heavy (non-hydrogen) atoms. The van der Waals surface area contributed by atoms with Crippen molar-refractivity contribution < 1.29 is 0 Å². The molecule has 0 radical (unpaired) electrons. The Balaban J connectivity index is 0.000000581. The minimum Gasteiger partial charge on any atom is -0.261 e. The van der Waals surface area contributed by atoms with E-state index in [1.807, 2.05) is 65.1 Å². The zero-order chi connectivity index (χ0) is 13.1. The Morgan fingerprint density at radius 1 is 0.706 bits per heavy atom. The smallest absolute Gasteiger partial charge is 0.0373 e. The van der Waals surface area contributed by atoms with Gasteiger partial charge in [-0.3, -0.25) is 4.98 Å². The van der Waals surface area contributed by atoms with Crippen LogP contribution in [0.2, 0.25) is 0 Å². The highest BCUT2D eigenvalue weighted by Crippen LogP contribution is 2.17. The maximum atomic E-state index is 4.26. The lowest BCUT2D eigenvalue weighted by molar-refractivity contribution is 1.20. The largest absolute Gasteiger partial charge is 0.261 e. The average Bonchev–Trinajstić information content (AvgIpc) is 2.45. The molecule has 0 aliphatic rings. The van der Waals surface area contributed by atoms with Gasteiger partial charge in [0.05, 0.1) is 0 Å². The molecule has 0 N–H and O–H groups in total. The summed E-state index contributed by atoms with van der Waals surface area (Å²) in [4.78, 5) is 4.26. The second-order valence-corrected chi connectivity index (χ2v) is 3.05. The normalized spacial score (nSPS) is 8.29. The fourth-order valence-corrected chi connectivity index (χ4v) is 1.27. The fraction of sp³-hybridized carbons (Fsp3) is 0.312. The van der Waals surface area contributed by atoms with Crippen LogP contribution in [0, 0.1) is 6.92 Å². The molecule has 2 rings (SSSR count). The van der Waals surface area contributed by atoms with Crippen molar-refractivity contribution in [3.63, 3.8) is 0 Å². The Bertz CT molecular complexity index is 376. The number of hydrogen-bond acceptors (Lipinski definition) is 1. The number of aromatic nitrogens is 1. The van der Waals surface area contributed by atoms with E-state index < -0.39 is 0 Å². The molecule has 1 heteroatoms. The first-order chi connectivity index (χ1) is 8.36. The molecule has 1 nitrogen and oxygen atoms in total. The van der Waals surface area contributed by atoms with E-state index in [1.54, 1.807) is 0 Å². The second-order valence-electron chi connectivity index (χ2n) is 3.05. The third-order valence-electron chi connectivity index (χ3n) is 2.02. The van der Waals surface area contributed by atoms with Gasteiger partial charge in [0.15, 0.2) is 0 Å². The molecule has 92 valence electrons. The van der Waals surface area contributed by atoms with Crippen molar-refractivity contribution in [1.29, 1.82) is 0 Å². The molecule has 0 bridgehead atoms. The summed E-state index contributed by atoms with van der Waals surface area (Å²) in [7, 11) is 0. The van der Waals surface area contributed by atoms with Crippen LogP contribution < -0.4 is 0 Å². The Kier molecular flexibility index (Phi) is 8.67. The Morgan fingerprint density at radius 2 is 1.29 bits per heavy atom. The van der Waals surface area contributed by atoms with E-state index in [0.29, 0.717) is 0 Å². The van der Waals surface area contributed by atoms with Crippen molar-refractivity contribution >= 4 is 0 Å². The average molecular weight is 229 g/mol. The van der Waals surface area contributed by atoms with Crippen LogP contribution in [-0.2, 0) is 0 Å². The third kappa shape index (κ3) is 5.30. The number of benzene rings is 1. The number of nitrogens with zero attached hydrogens (tertiary/aromatic N) is 1. The Morgan fingerprint density at radius 3 is 1.76 bits per heavy atom. The third-order valence-corrected chi connectivity index (χ3v) is 2.02. The number of aryl methyl sites for hydroxylation is 1. The van der Waals surface area contributed by atoms with Crippen molar-refractivity contribution in [2.45, 2.75) is 34.6 Å². The van der Waals surface area contributed by atoms with Gasteiger partial charge in [-0.2, -0.15) is 0 Å². The minimum absolute atomic E-state index is 1.06. The van der Waals surface area contributed by atoms with Crippen LogP contribution in [0.25, 0.3) is 11.1 Å². The lowest BCUT2D eigenvalue weighted by Crippen LogP contribution is -1.81. The predicted octanol–water partition coefficient (Wildman–Crippen LogP) is 5.11. The lowest BCUT2D eigenvalue weighted by atomic mass is 10.1. The summed E-state index contributed by atoms with van der Waals surface area (Å²) in [5.41, 5.74) is 3.45. The van der Waals surface area contributed by atoms with E-state index in [1.165, 1.54) is 11.1 Å². The summed E-state index contributed by atoms with van der Waals surface area (Å²) in [6.45, 7) is 9.99. The number of rotatable bonds is 1. The molecule has 0 aliphatic heterocycles. The van der Waals surface area contributed by atoms with E-state index >= 15 is 0 Å². The van der Waals surface area contributed by atoms with Crippen molar-refractivity contribution in [3.8, 4) is 11.1 Å². The zero-order valence-corrected chi connectivity index (χ0v) is 11.6. The van der Waals surface area contributed by atoms with Crippen LogP contribution in [0.1, 0.15) is 33.4 Å². The number of hydrogen-bond donors (Lipinski definition) is 0. The molecule has 0 saturated heterocycles. The van der Waals surface area contributed by atoms with Crippen LogP contribution >= 0.6 is 0 Å². The molecule has 0 amide bonds. The standard InChI is InChI=1S/C12H11N.2C2H6/c1-10-7-8-12(9-13-10)11-5-3-2-4-6-11;2*1-2/h2-9H,1H3;2*1-2H3. The molecule has 1 aromatic heterocycles. The lowest BCUT2D eigenvalue weighted by Gasteiger charge is -2.00.